The molecule has 0 amide bonds. The van der Waals surface area contributed by atoms with Crippen molar-refractivity contribution in [3.05, 3.63) is 24.3 Å². The summed E-state index contributed by atoms with van der Waals surface area (Å²) in [4.78, 5) is 10.5. The summed E-state index contributed by atoms with van der Waals surface area (Å²) in [6.07, 6.45) is 15.9. The number of rotatable bonds is 12. The third kappa shape index (κ3) is 8.65. The molecule has 1 fully saturated rings. The van der Waals surface area contributed by atoms with Gasteiger partial charge < -0.3 is 15.3 Å². The zero-order chi connectivity index (χ0) is 17.8. The standard InChI is InChI=1S/C20H34O4/c1-2-3-6-9-17(21)14-12-16-13-15-19(22)18(16)10-7-4-5-8-11-20(23)24/h4,7,12,14,16-19,21-22H,2-3,5-6,8-11,13,15H2,1H3,(H,23,24)/b7-4+,14-12+/t16-,17-,18+,19-/m0/s1. The summed E-state index contributed by atoms with van der Waals surface area (Å²) in [7, 11) is 0. The fraction of sp³-hybridized carbons (Fsp3) is 0.750. The Morgan fingerprint density at radius 2 is 2.00 bits per heavy atom. The average molecular weight is 338 g/mol. The molecule has 0 aliphatic heterocycles. The molecule has 4 heteroatoms. The van der Waals surface area contributed by atoms with Gasteiger partial charge in [-0.15, -0.1) is 0 Å². The van der Waals surface area contributed by atoms with Gasteiger partial charge in [0.15, 0.2) is 0 Å². The van der Waals surface area contributed by atoms with Crippen molar-refractivity contribution in [3.63, 3.8) is 0 Å². The second-order valence-corrected chi connectivity index (χ2v) is 6.91. The van der Waals surface area contributed by atoms with Gasteiger partial charge in [-0.1, -0.05) is 50.5 Å². The van der Waals surface area contributed by atoms with E-state index in [9.17, 15) is 15.0 Å². The first kappa shape index (κ1) is 20.9. The number of hydrogen-bond donors (Lipinski definition) is 3. The number of aliphatic carboxylic acids is 1. The van der Waals surface area contributed by atoms with Crippen LogP contribution < -0.4 is 0 Å². The van der Waals surface area contributed by atoms with Crippen molar-refractivity contribution in [2.45, 2.75) is 83.3 Å². The number of aliphatic hydroxyl groups is 2. The van der Waals surface area contributed by atoms with Gasteiger partial charge in [0.25, 0.3) is 0 Å². The molecule has 138 valence electrons. The Morgan fingerprint density at radius 3 is 2.71 bits per heavy atom. The van der Waals surface area contributed by atoms with Crippen LogP contribution in [0.2, 0.25) is 0 Å². The van der Waals surface area contributed by atoms with Crippen LogP contribution >= 0.6 is 0 Å². The molecule has 0 aromatic carbocycles. The molecule has 0 spiro atoms. The molecule has 3 N–H and O–H groups in total. The minimum absolute atomic E-state index is 0.206. The van der Waals surface area contributed by atoms with E-state index in [-0.39, 0.29) is 24.5 Å². The fourth-order valence-corrected chi connectivity index (χ4v) is 3.36. The van der Waals surface area contributed by atoms with Crippen LogP contribution in [-0.4, -0.2) is 33.5 Å². The normalized spacial score (nSPS) is 25.7. The van der Waals surface area contributed by atoms with Crippen LogP contribution in [0, 0.1) is 11.8 Å². The Bertz CT molecular complexity index is 402. The van der Waals surface area contributed by atoms with Crippen molar-refractivity contribution >= 4 is 5.97 Å². The number of carbonyl (C=O) groups is 1. The lowest BCUT2D eigenvalue weighted by Gasteiger charge is -2.18. The van der Waals surface area contributed by atoms with E-state index in [1.54, 1.807) is 0 Å². The SMILES string of the molecule is CCCCC[C@H](O)/C=C/[C@H]1CC[C@H](O)[C@@H]1C/C=C/CCCC(=O)O. The monoisotopic (exact) mass is 338 g/mol. The fourth-order valence-electron chi connectivity index (χ4n) is 3.36. The maximum absolute atomic E-state index is 10.5. The lowest BCUT2D eigenvalue weighted by Crippen LogP contribution is -2.17. The molecule has 0 radical (unpaired) electrons. The molecule has 0 heterocycles. The number of allylic oxidation sites excluding steroid dienone is 3. The van der Waals surface area contributed by atoms with Gasteiger partial charge in [0.05, 0.1) is 12.2 Å². The molecule has 1 aliphatic rings. The molecule has 4 atom stereocenters. The van der Waals surface area contributed by atoms with Crippen LogP contribution in [0.15, 0.2) is 24.3 Å². The topological polar surface area (TPSA) is 77.8 Å². The van der Waals surface area contributed by atoms with Crippen LogP contribution in [0.25, 0.3) is 0 Å². The average Bonchev–Trinajstić information content (AvgIpc) is 2.89. The third-order valence-corrected chi connectivity index (χ3v) is 4.86. The smallest absolute Gasteiger partial charge is 0.303 e. The molecule has 24 heavy (non-hydrogen) atoms. The molecule has 1 rings (SSSR count). The molecule has 1 aliphatic carbocycles. The lowest BCUT2D eigenvalue weighted by molar-refractivity contribution is -0.137. The highest BCUT2D eigenvalue weighted by Crippen LogP contribution is 2.36. The number of hydrogen-bond acceptors (Lipinski definition) is 3. The molecule has 0 bridgehead atoms. The quantitative estimate of drug-likeness (QED) is 0.370. The van der Waals surface area contributed by atoms with Gasteiger partial charge in [0.1, 0.15) is 0 Å². The van der Waals surface area contributed by atoms with Gasteiger partial charge >= 0.3 is 5.97 Å². The molecule has 0 saturated heterocycles. The second-order valence-electron chi connectivity index (χ2n) is 6.91. The Balaban J connectivity index is 2.35. The molecule has 4 nitrogen and oxygen atoms in total. The molecule has 0 unspecified atom stereocenters. The zero-order valence-electron chi connectivity index (χ0n) is 14.9. The summed E-state index contributed by atoms with van der Waals surface area (Å²) in [5.41, 5.74) is 0. The minimum Gasteiger partial charge on any atom is -0.481 e. The molecule has 1 saturated carbocycles. The number of aliphatic hydroxyl groups excluding tert-OH is 2. The minimum atomic E-state index is -0.752. The Labute approximate surface area is 146 Å². The summed E-state index contributed by atoms with van der Waals surface area (Å²) in [5.74, 6) is -0.221. The van der Waals surface area contributed by atoms with Gasteiger partial charge in [-0.05, 0) is 50.4 Å². The largest absolute Gasteiger partial charge is 0.481 e. The number of carboxylic acid groups (broad SMARTS) is 1. The predicted molar refractivity (Wildman–Crippen MR) is 96.8 cm³/mol. The van der Waals surface area contributed by atoms with Crippen LogP contribution in [0.5, 0.6) is 0 Å². The highest BCUT2D eigenvalue weighted by Gasteiger charge is 2.32. The van der Waals surface area contributed by atoms with Gasteiger partial charge in [-0.2, -0.15) is 0 Å². The first-order valence-electron chi connectivity index (χ1n) is 9.45. The lowest BCUT2D eigenvalue weighted by atomic mass is 9.90. The highest BCUT2D eigenvalue weighted by atomic mass is 16.4. The molecular formula is C20H34O4. The Kier molecular flexibility index (Phi) is 10.7. The maximum Gasteiger partial charge on any atom is 0.303 e. The van der Waals surface area contributed by atoms with E-state index in [2.05, 4.69) is 19.1 Å². The zero-order valence-corrected chi connectivity index (χ0v) is 14.9. The summed E-state index contributed by atoms with van der Waals surface area (Å²) in [6, 6.07) is 0. The van der Waals surface area contributed by atoms with Crippen LogP contribution in [0.1, 0.15) is 71.1 Å². The Morgan fingerprint density at radius 1 is 1.21 bits per heavy atom. The van der Waals surface area contributed by atoms with E-state index in [0.29, 0.717) is 12.3 Å². The summed E-state index contributed by atoms with van der Waals surface area (Å²) >= 11 is 0. The van der Waals surface area contributed by atoms with E-state index in [0.717, 1.165) is 51.4 Å². The number of unbranched alkanes of at least 4 members (excludes halogenated alkanes) is 3. The van der Waals surface area contributed by atoms with E-state index in [1.807, 2.05) is 12.2 Å². The van der Waals surface area contributed by atoms with Crippen molar-refractivity contribution in [1.29, 1.82) is 0 Å². The van der Waals surface area contributed by atoms with Crippen LogP contribution in [-0.2, 0) is 4.79 Å². The molecular weight excluding hydrogens is 304 g/mol. The van der Waals surface area contributed by atoms with E-state index in [4.69, 9.17) is 5.11 Å². The second kappa shape index (κ2) is 12.3. The summed E-state index contributed by atoms with van der Waals surface area (Å²) < 4.78 is 0. The van der Waals surface area contributed by atoms with Gasteiger partial charge in [0, 0.05) is 6.42 Å². The summed E-state index contributed by atoms with van der Waals surface area (Å²) in [6.45, 7) is 2.15. The first-order chi connectivity index (χ1) is 11.5. The highest BCUT2D eigenvalue weighted by molar-refractivity contribution is 5.66. The van der Waals surface area contributed by atoms with Crippen LogP contribution in [0.4, 0.5) is 0 Å². The third-order valence-electron chi connectivity index (χ3n) is 4.86. The van der Waals surface area contributed by atoms with Crippen molar-refractivity contribution < 1.29 is 20.1 Å². The van der Waals surface area contributed by atoms with Crippen molar-refractivity contribution in [2.75, 3.05) is 0 Å². The molecule has 0 aromatic heterocycles. The maximum atomic E-state index is 10.5. The van der Waals surface area contributed by atoms with Crippen molar-refractivity contribution in [2.24, 2.45) is 11.8 Å². The van der Waals surface area contributed by atoms with Gasteiger partial charge in [0.2, 0.25) is 0 Å². The number of carboxylic acids is 1. The summed E-state index contributed by atoms with van der Waals surface area (Å²) in [5, 5.41) is 28.8. The van der Waals surface area contributed by atoms with Gasteiger partial charge in [-0.25, -0.2) is 0 Å². The molecule has 0 aromatic rings. The van der Waals surface area contributed by atoms with Gasteiger partial charge in [-0.3, -0.25) is 4.79 Å². The first-order valence-corrected chi connectivity index (χ1v) is 9.45. The van der Waals surface area contributed by atoms with Crippen molar-refractivity contribution in [3.8, 4) is 0 Å². The van der Waals surface area contributed by atoms with Crippen molar-refractivity contribution in [1.82, 2.24) is 0 Å². The Hall–Kier alpha value is -1.13. The predicted octanol–water partition coefficient (Wildman–Crippen LogP) is 4.07. The van der Waals surface area contributed by atoms with E-state index >= 15 is 0 Å². The van der Waals surface area contributed by atoms with E-state index in [1.165, 1.54) is 0 Å². The van der Waals surface area contributed by atoms with E-state index < -0.39 is 5.97 Å². The van der Waals surface area contributed by atoms with Crippen LogP contribution in [0.3, 0.4) is 0 Å².